The van der Waals surface area contributed by atoms with Gasteiger partial charge in [0.15, 0.2) is 0 Å². The number of nitrogens with zero attached hydrogens (tertiary/aromatic N) is 1. The van der Waals surface area contributed by atoms with Gasteiger partial charge in [-0.1, -0.05) is 0 Å². The molecule has 2 rings (SSSR count). The van der Waals surface area contributed by atoms with E-state index in [0.29, 0.717) is 24.2 Å². The minimum absolute atomic E-state index is 0.0685. The molecule has 6 heteroatoms. The highest BCUT2D eigenvalue weighted by molar-refractivity contribution is 5.64. The molecule has 1 aromatic carbocycles. The van der Waals surface area contributed by atoms with Crippen LogP contribution < -0.4 is 10.1 Å². The normalized spacial score (nSPS) is 16.1. The number of ether oxygens (including phenoxy) is 1. The van der Waals surface area contributed by atoms with E-state index < -0.39 is 6.09 Å². The molecule has 1 aliphatic carbocycles. The highest BCUT2D eigenvalue weighted by Gasteiger charge is 2.24. The maximum atomic E-state index is 10.9. The van der Waals surface area contributed by atoms with Crippen LogP contribution >= 0.6 is 0 Å². The van der Waals surface area contributed by atoms with Gasteiger partial charge in [0.05, 0.1) is 18.2 Å². The van der Waals surface area contributed by atoms with Crippen LogP contribution in [-0.4, -0.2) is 30.6 Å². The van der Waals surface area contributed by atoms with Gasteiger partial charge in [0.1, 0.15) is 18.6 Å². The van der Waals surface area contributed by atoms with Crippen LogP contribution in [0.25, 0.3) is 0 Å². The van der Waals surface area contributed by atoms with Crippen molar-refractivity contribution in [3.8, 4) is 11.8 Å². The van der Waals surface area contributed by atoms with E-state index in [-0.39, 0.29) is 19.1 Å². The summed E-state index contributed by atoms with van der Waals surface area (Å²) >= 11 is 0. The van der Waals surface area contributed by atoms with Crippen LogP contribution in [-0.2, 0) is 17.6 Å². The summed E-state index contributed by atoms with van der Waals surface area (Å²) in [4.78, 5) is 21.1. The molecule has 1 aromatic rings. The second-order valence-corrected chi connectivity index (χ2v) is 4.61. The van der Waals surface area contributed by atoms with Crippen molar-refractivity contribution in [2.24, 2.45) is 5.92 Å². The molecule has 1 aliphatic rings. The van der Waals surface area contributed by atoms with Crippen molar-refractivity contribution in [2.45, 2.75) is 12.8 Å². The number of benzene rings is 1. The van der Waals surface area contributed by atoms with Crippen LogP contribution in [0, 0.1) is 17.2 Å². The second kappa shape index (κ2) is 6.06. The van der Waals surface area contributed by atoms with Gasteiger partial charge in [-0.2, -0.15) is 5.26 Å². The van der Waals surface area contributed by atoms with Gasteiger partial charge < -0.3 is 20.0 Å². The van der Waals surface area contributed by atoms with Crippen LogP contribution in [0.1, 0.15) is 16.7 Å². The number of fused-ring (bicyclic) bond motifs is 1. The summed E-state index contributed by atoms with van der Waals surface area (Å²) < 4.78 is 5.43. The molecule has 1 atom stereocenters. The molecule has 0 saturated carbocycles. The molecule has 0 heterocycles. The first-order chi connectivity index (χ1) is 9.63. The van der Waals surface area contributed by atoms with Gasteiger partial charge in [0.25, 0.3) is 0 Å². The Balaban J connectivity index is 2.07. The second-order valence-electron chi connectivity index (χ2n) is 4.61. The standard InChI is InChI=1S/C14H14N2O4/c15-7-11-6-12(20-2-1-16-14(18)19)5-10-3-9(8-17)4-13(10)11/h5-6,8-9,16H,1-4H2,(H,18,19). The summed E-state index contributed by atoms with van der Waals surface area (Å²) in [6.45, 7) is 0.359. The molecule has 0 spiro atoms. The van der Waals surface area contributed by atoms with Gasteiger partial charge in [-0.3, -0.25) is 0 Å². The Labute approximate surface area is 116 Å². The van der Waals surface area contributed by atoms with Gasteiger partial charge in [0, 0.05) is 5.92 Å². The zero-order chi connectivity index (χ0) is 14.5. The fourth-order valence-corrected chi connectivity index (χ4v) is 2.35. The Kier molecular flexibility index (Phi) is 4.20. The molecule has 0 fully saturated rings. The molecule has 0 bridgehead atoms. The summed E-state index contributed by atoms with van der Waals surface area (Å²) in [6.07, 6.45) is 1.04. The van der Waals surface area contributed by atoms with E-state index in [1.807, 2.05) is 6.07 Å². The van der Waals surface area contributed by atoms with Crippen LogP contribution in [0.5, 0.6) is 5.75 Å². The zero-order valence-electron chi connectivity index (χ0n) is 10.8. The first-order valence-electron chi connectivity index (χ1n) is 6.25. The minimum atomic E-state index is -1.10. The highest BCUT2D eigenvalue weighted by Crippen LogP contribution is 2.32. The van der Waals surface area contributed by atoms with Gasteiger partial charge in [-0.15, -0.1) is 0 Å². The lowest BCUT2D eigenvalue weighted by molar-refractivity contribution is -0.110. The van der Waals surface area contributed by atoms with Crippen molar-refractivity contribution >= 4 is 12.4 Å². The number of hydrogen-bond donors (Lipinski definition) is 2. The van der Waals surface area contributed by atoms with Crippen LogP contribution in [0.4, 0.5) is 4.79 Å². The largest absolute Gasteiger partial charge is 0.492 e. The number of amides is 1. The summed E-state index contributed by atoms with van der Waals surface area (Å²) in [7, 11) is 0. The SMILES string of the molecule is N#Cc1cc(OCCNC(=O)O)cc2c1CC(C=O)C2. The van der Waals surface area contributed by atoms with Crippen molar-refractivity contribution in [3.05, 3.63) is 28.8 Å². The summed E-state index contributed by atoms with van der Waals surface area (Å²) in [5.41, 5.74) is 2.40. The van der Waals surface area contributed by atoms with Crippen molar-refractivity contribution in [1.82, 2.24) is 5.32 Å². The molecule has 1 amide bonds. The number of nitrogens with one attached hydrogen (secondary N) is 1. The topological polar surface area (TPSA) is 99.4 Å². The molecule has 1 unspecified atom stereocenters. The third kappa shape index (κ3) is 3.06. The molecule has 0 saturated heterocycles. The maximum Gasteiger partial charge on any atom is 0.404 e. The summed E-state index contributed by atoms with van der Waals surface area (Å²) in [6, 6.07) is 5.57. The number of carbonyl (C=O) groups is 2. The average molecular weight is 274 g/mol. The Bertz CT molecular complexity index is 577. The predicted molar refractivity (Wildman–Crippen MR) is 69.6 cm³/mol. The van der Waals surface area contributed by atoms with Crippen LogP contribution in [0.3, 0.4) is 0 Å². The quantitative estimate of drug-likeness (QED) is 0.619. The molecule has 0 aromatic heterocycles. The first-order valence-corrected chi connectivity index (χ1v) is 6.25. The zero-order valence-corrected chi connectivity index (χ0v) is 10.8. The van der Waals surface area contributed by atoms with E-state index in [0.717, 1.165) is 17.4 Å². The van der Waals surface area contributed by atoms with Crippen LogP contribution in [0.2, 0.25) is 0 Å². The van der Waals surface area contributed by atoms with Gasteiger partial charge in [-0.25, -0.2) is 4.79 Å². The fourth-order valence-electron chi connectivity index (χ4n) is 2.35. The minimum Gasteiger partial charge on any atom is -0.492 e. The third-order valence-electron chi connectivity index (χ3n) is 3.22. The van der Waals surface area contributed by atoms with E-state index in [2.05, 4.69) is 11.4 Å². The average Bonchev–Trinajstić information content (AvgIpc) is 2.85. The Morgan fingerprint density at radius 3 is 3.00 bits per heavy atom. The Morgan fingerprint density at radius 2 is 2.35 bits per heavy atom. The van der Waals surface area contributed by atoms with Crippen molar-refractivity contribution in [1.29, 1.82) is 5.26 Å². The number of hydrogen-bond acceptors (Lipinski definition) is 4. The molecule has 2 N–H and O–H groups in total. The van der Waals surface area contributed by atoms with E-state index in [4.69, 9.17) is 15.1 Å². The molecule has 0 aliphatic heterocycles. The Morgan fingerprint density at radius 1 is 1.55 bits per heavy atom. The predicted octanol–water partition coefficient (Wildman–Crippen LogP) is 1.12. The molecular formula is C14H14N2O4. The monoisotopic (exact) mass is 274 g/mol. The van der Waals surface area contributed by atoms with E-state index in [1.165, 1.54) is 0 Å². The number of rotatable bonds is 5. The smallest absolute Gasteiger partial charge is 0.404 e. The van der Waals surface area contributed by atoms with E-state index >= 15 is 0 Å². The highest BCUT2D eigenvalue weighted by atomic mass is 16.5. The number of carboxylic acid groups (broad SMARTS) is 1. The molecule has 104 valence electrons. The number of aldehydes is 1. The first kappa shape index (κ1) is 13.9. The van der Waals surface area contributed by atoms with Crippen molar-refractivity contribution in [2.75, 3.05) is 13.2 Å². The fraction of sp³-hybridized carbons (Fsp3) is 0.357. The molecule has 0 radical (unpaired) electrons. The molecule has 20 heavy (non-hydrogen) atoms. The van der Waals surface area contributed by atoms with Crippen molar-refractivity contribution < 1.29 is 19.4 Å². The number of carbonyl (C=O) groups excluding carboxylic acids is 1. The molecular weight excluding hydrogens is 260 g/mol. The lowest BCUT2D eigenvalue weighted by Gasteiger charge is -2.09. The maximum absolute atomic E-state index is 10.9. The number of nitriles is 1. The lowest BCUT2D eigenvalue weighted by atomic mass is 10.0. The van der Waals surface area contributed by atoms with Gasteiger partial charge in [-0.05, 0) is 36.1 Å². The molecule has 6 nitrogen and oxygen atoms in total. The van der Waals surface area contributed by atoms with Gasteiger partial charge >= 0.3 is 6.09 Å². The van der Waals surface area contributed by atoms with Crippen molar-refractivity contribution in [3.63, 3.8) is 0 Å². The van der Waals surface area contributed by atoms with E-state index in [9.17, 15) is 9.59 Å². The lowest BCUT2D eigenvalue weighted by Crippen LogP contribution is -2.26. The third-order valence-corrected chi connectivity index (χ3v) is 3.22. The summed E-state index contributed by atoms with van der Waals surface area (Å²) in [5.74, 6) is 0.458. The Hall–Kier alpha value is -2.55. The van der Waals surface area contributed by atoms with Gasteiger partial charge in [0.2, 0.25) is 0 Å². The summed E-state index contributed by atoms with van der Waals surface area (Å²) in [5, 5.41) is 19.8. The van der Waals surface area contributed by atoms with Crippen LogP contribution in [0.15, 0.2) is 12.1 Å². The van der Waals surface area contributed by atoms with E-state index in [1.54, 1.807) is 6.07 Å².